The molecule has 0 radical (unpaired) electrons. The monoisotopic (exact) mass is 249 g/mol. The zero-order chi connectivity index (χ0) is 13.0. The number of hydrogen-bond donors (Lipinski definition) is 1. The lowest BCUT2D eigenvalue weighted by Gasteiger charge is -2.27. The van der Waals surface area contributed by atoms with Crippen molar-refractivity contribution in [3.63, 3.8) is 0 Å². The molecule has 1 atom stereocenters. The van der Waals surface area contributed by atoms with Crippen molar-refractivity contribution < 1.29 is 9.47 Å². The van der Waals surface area contributed by atoms with Crippen LogP contribution in [0.2, 0.25) is 0 Å². The van der Waals surface area contributed by atoms with Gasteiger partial charge in [0.05, 0.1) is 6.54 Å². The molecule has 1 N–H and O–H groups in total. The van der Waals surface area contributed by atoms with Crippen LogP contribution in [0, 0.1) is 0 Å². The van der Waals surface area contributed by atoms with Crippen molar-refractivity contribution >= 4 is 5.96 Å². The summed E-state index contributed by atoms with van der Waals surface area (Å²) in [5.74, 6) is 2.44. The SMILES string of the molecule is CN=C(NCC1COc2ccccc2O1)N(C)C. The minimum absolute atomic E-state index is 0.00315. The van der Waals surface area contributed by atoms with Gasteiger partial charge in [-0.2, -0.15) is 0 Å². The lowest BCUT2D eigenvalue weighted by atomic mass is 10.2. The quantitative estimate of drug-likeness (QED) is 0.626. The molecule has 1 aromatic rings. The Bertz CT molecular complexity index is 432. The number of aliphatic imine (C=N–C) groups is 1. The van der Waals surface area contributed by atoms with Crippen LogP contribution < -0.4 is 14.8 Å². The minimum Gasteiger partial charge on any atom is -0.486 e. The second-order valence-corrected chi connectivity index (χ2v) is 4.32. The molecular formula is C13H19N3O2. The number of nitrogens with one attached hydrogen (secondary N) is 1. The van der Waals surface area contributed by atoms with Crippen LogP contribution in [0.1, 0.15) is 0 Å². The first kappa shape index (κ1) is 12.5. The lowest BCUT2D eigenvalue weighted by molar-refractivity contribution is 0.0933. The van der Waals surface area contributed by atoms with E-state index in [0.717, 1.165) is 17.5 Å². The van der Waals surface area contributed by atoms with Gasteiger partial charge in [0.15, 0.2) is 17.5 Å². The first-order chi connectivity index (χ1) is 8.70. The van der Waals surface area contributed by atoms with E-state index in [1.165, 1.54) is 0 Å². The molecule has 0 aliphatic carbocycles. The van der Waals surface area contributed by atoms with Crippen LogP contribution in [0.4, 0.5) is 0 Å². The fraction of sp³-hybridized carbons (Fsp3) is 0.462. The van der Waals surface area contributed by atoms with E-state index in [1.807, 2.05) is 43.3 Å². The number of fused-ring (bicyclic) bond motifs is 1. The predicted molar refractivity (Wildman–Crippen MR) is 71.4 cm³/mol. The number of para-hydroxylation sites is 2. The van der Waals surface area contributed by atoms with Gasteiger partial charge >= 0.3 is 0 Å². The second-order valence-electron chi connectivity index (χ2n) is 4.32. The fourth-order valence-electron chi connectivity index (χ4n) is 1.81. The zero-order valence-corrected chi connectivity index (χ0v) is 11.0. The first-order valence-corrected chi connectivity index (χ1v) is 5.97. The molecule has 5 nitrogen and oxygen atoms in total. The van der Waals surface area contributed by atoms with Gasteiger partial charge in [-0.25, -0.2) is 0 Å². The molecule has 1 heterocycles. The minimum atomic E-state index is -0.00315. The van der Waals surface area contributed by atoms with Crippen molar-refractivity contribution in [3.8, 4) is 11.5 Å². The summed E-state index contributed by atoms with van der Waals surface area (Å²) in [6, 6.07) is 7.71. The Morgan fingerprint density at radius 3 is 2.78 bits per heavy atom. The largest absolute Gasteiger partial charge is 0.486 e. The zero-order valence-electron chi connectivity index (χ0n) is 11.0. The molecule has 0 saturated carbocycles. The average molecular weight is 249 g/mol. The molecule has 5 heteroatoms. The third-order valence-corrected chi connectivity index (χ3v) is 2.69. The van der Waals surface area contributed by atoms with Gasteiger partial charge in [0.1, 0.15) is 12.7 Å². The van der Waals surface area contributed by atoms with E-state index in [-0.39, 0.29) is 6.10 Å². The van der Waals surface area contributed by atoms with Crippen LogP contribution >= 0.6 is 0 Å². The number of rotatable bonds is 2. The van der Waals surface area contributed by atoms with Gasteiger partial charge in [-0.05, 0) is 12.1 Å². The smallest absolute Gasteiger partial charge is 0.193 e. The third-order valence-electron chi connectivity index (χ3n) is 2.69. The number of benzene rings is 1. The highest BCUT2D eigenvalue weighted by Gasteiger charge is 2.20. The molecule has 0 spiro atoms. The second kappa shape index (κ2) is 5.62. The van der Waals surface area contributed by atoms with Crippen LogP contribution in [-0.2, 0) is 0 Å². The van der Waals surface area contributed by atoms with Crippen molar-refractivity contribution in [1.29, 1.82) is 0 Å². The summed E-state index contributed by atoms with van der Waals surface area (Å²) in [7, 11) is 5.65. The molecule has 0 saturated heterocycles. The van der Waals surface area contributed by atoms with Gasteiger partial charge in [-0.15, -0.1) is 0 Å². The molecule has 1 aliphatic heterocycles. The summed E-state index contributed by atoms with van der Waals surface area (Å²) in [5.41, 5.74) is 0. The Kier molecular flexibility index (Phi) is 3.92. The normalized spacial score (nSPS) is 18.4. The Labute approximate surface area is 107 Å². The van der Waals surface area contributed by atoms with E-state index < -0.39 is 0 Å². The summed E-state index contributed by atoms with van der Waals surface area (Å²) in [6.07, 6.45) is -0.00315. The highest BCUT2D eigenvalue weighted by Crippen LogP contribution is 2.30. The molecular weight excluding hydrogens is 230 g/mol. The Hall–Kier alpha value is -1.91. The molecule has 1 aliphatic rings. The van der Waals surface area contributed by atoms with Crippen LogP contribution in [0.15, 0.2) is 29.3 Å². The van der Waals surface area contributed by atoms with Crippen molar-refractivity contribution in [2.24, 2.45) is 4.99 Å². The van der Waals surface area contributed by atoms with Gasteiger partial charge in [0.2, 0.25) is 0 Å². The van der Waals surface area contributed by atoms with Crippen LogP contribution in [0.5, 0.6) is 11.5 Å². The Morgan fingerprint density at radius 1 is 1.39 bits per heavy atom. The maximum Gasteiger partial charge on any atom is 0.193 e. The molecule has 1 unspecified atom stereocenters. The number of hydrogen-bond acceptors (Lipinski definition) is 3. The molecule has 2 rings (SSSR count). The summed E-state index contributed by atoms with van der Waals surface area (Å²) in [4.78, 5) is 6.08. The maximum atomic E-state index is 5.85. The van der Waals surface area contributed by atoms with Crippen LogP contribution in [-0.4, -0.2) is 51.3 Å². The molecule has 1 aromatic carbocycles. The molecule has 0 aromatic heterocycles. The van der Waals surface area contributed by atoms with Gasteiger partial charge in [0.25, 0.3) is 0 Å². The van der Waals surface area contributed by atoms with Crippen molar-refractivity contribution in [1.82, 2.24) is 10.2 Å². The molecule has 0 amide bonds. The standard InChI is InChI=1S/C13H19N3O2/c1-14-13(16(2)3)15-8-10-9-17-11-6-4-5-7-12(11)18-10/h4-7,10H,8-9H2,1-3H3,(H,14,15). The third kappa shape index (κ3) is 2.85. The predicted octanol–water partition coefficient (Wildman–Crippen LogP) is 0.963. The average Bonchev–Trinajstić information content (AvgIpc) is 2.39. The molecule has 0 bridgehead atoms. The molecule has 18 heavy (non-hydrogen) atoms. The fourth-order valence-corrected chi connectivity index (χ4v) is 1.81. The molecule has 0 fully saturated rings. The van der Waals surface area contributed by atoms with Crippen molar-refractivity contribution in [2.45, 2.75) is 6.10 Å². The number of guanidine groups is 1. The maximum absolute atomic E-state index is 5.85. The van der Waals surface area contributed by atoms with Crippen molar-refractivity contribution in [3.05, 3.63) is 24.3 Å². The van der Waals surface area contributed by atoms with E-state index >= 15 is 0 Å². The van der Waals surface area contributed by atoms with Crippen LogP contribution in [0.3, 0.4) is 0 Å². The van der Waals surface area contributed by atoms with Gasteiger partial charge in [-0.3, -0.25) is 4.99 Å². The van der Waals surface area contributed by atoms with Gasteiger partial charge in [0, 0.05) is 21.1 Å². The van der Waals surface area contributed by atoms with E-state index in [2.05, 4.69) is 10.3 Å². The van der Waals surface area contributed by atoms with Gasteiger partial charge in [-0.1, -0.05) is 12.1 Å². The van der Waals surface area contributed by atoms with E-state index in [1.54, 1.807) is 7.05 Å². The summed E-state index contributed by atoms with van der Waals surface area (Å²) in [6.45, 7) is 1.22. The summed E-state index contributed by atoms with van der Waals surface area (Å²) in [5, 5.41) is 3.24. The highest BCUT2D eigenvalue weighted by atomic mass is 16.6. The van der Waals surface area contributed by atoms with Gasteiger partial charge < -0.3 is 19.7 Å². The van der Waals surface area contributed by atoms with Crippen LogP contribution in [0.25, 0.3) is 0 Å². The molecule has 98 valence electrons. The van der Waals surface area contributed by atoms with E-state index in [9.17, 15) is 0 Å². The van der Waals surface area contributed by atoms with Crippen molar-refractivity contribution in [2.75, 3.05) is 34.3 Å². The number of ether oxygens (including phenoxy) is 2. The van der Waals surface area contributed by atoms with E-state index in [0.29, 0.717) is 13.2 Å². The topological polar surface area (TPSA) is 46.1 Å². The Morgan fingerprint density at radius 2 is 2.11 bits per heavy atom. The highest BCUT2D eigenvalue weighted by molar-refractivity contribution is 5.79. The first-order valence-electron chi connectivity index (χ1n) is 5.97. The summed E-state index contributed by atoms with van der Waals surface area (Å²) >= 11 is 0. The summed E-state index contributed by atoms with van der Waals surface area (Å²) < 4.78 is 11.5. The Balaban J connectivity index is 1.90. The lowest BCUT2D eigenvalue weighted by Crippen LogP contribution is -2.44. The number of nitrogens with zero attached hydrogens (tertiary/aromatic N) is 2. The van der Waals surface area contributed by atoms with E-state index in [4.69, 9.17) is 9.47 Å².